The maximum Gasteiger partial charge on any atom is 0.254 e. The van der Waals surface area contributed by atoms with Crippen LogP contribution in [0.3, 0.4) is 0 Å². The number of carbonyl (C=O) groups is 1. The van der Waals surface area contributed by atoms with Gasteiger partial charge in [-0.15, -0.1) is 0 Å². The van der Waals surface area contributed by atoms with E-state index in [2.05, 4.69) is 15.6 Å². The number of nitrogens with zero attached hydrogens (tertiary/aromatic N) is 1. The molecule has 1 aromatic heterocycles. The number of nitrogens with one attached hydrogen (secondary N) is 2. The number of amides is 1. The third-order valence-electron chi connectivity index (χ3n) is 3.47. The highest BCUT2D eigenvalue weighted by Gasteiger charge is 2.23. The minimum atomic E-state index is -0.378. The molecule has 0 spiro atoms. The summed E-state index contributed by atoms with van der Waals surface area (Å²) < 4.78 is 5.33. The molecule has 2 aromatic rings. The van der Waals surface area contributed by atoms with Crippen molar-refractivity contribution in [3.8, 4) is 0 Å². The Morgan fingerprint density at radius 2 is 2.00 bits per heavy atom. The van der Waals surface area contributed by atoms with Crippen molar-refractivity contribution in [2.24, 2.45) is 0 Å². The fourth-order valence-electron chi connectivity index (χ4n) is 2.29. The second-order valence-electron chi connectivity index (χ2n) is 5.14. The van der Waals surface area contributed by atoms with Gasteiger partial charge in [0.2, 0.25) is 0 Å². The van der Waals surface area contributed by atoms with Crippen LogP contribution in [0.15, 0.2) is 36.5 Å². The van der Waals surface area contributed by atoms with Gasteiger partial charge in [-0.1, -0.05) is 29.3 Å². The lowest BCUT2D eigenvalue weighted by atomic mass is 10.2. The summed E-state index contributed by atoms with van der Waals surface area (Å²) in [4.78, 5) is 16.2. The lowest BCUT2D eigenvalue weighted by Crippen LogP contribution is -2.27. The average Bonchev–Trinajstić information content (AvgIpc) is 3.07. The molecule has 7 heteroatoms. The van der Waals surface area contributed by atoms with Gasteiger partial charge in [0.05, 0.1) is 27.6 Å². The summed E-state index contributed by atoms with van der Waals surface area (Å²) in [5, 5.41) is 6.90. The van der Waals surface area contributed by atoms with Crippen molar-refractivity contribution in [3.63, 3.8) is 0 Å². The minimum absolute atomic E-state index is 0.162. The van der Waals surface area contributed by atoms with Gasteiger partial charge in [-0.05, 0) is 37.1 Å². The molecule has 2 heterocycles. The second-order valence-corrected chi connectivity index (χ2v) is 5.96. The molecule has 1 aliphatic heterocycles. The van der Waals surface area contributed by atoms with Gasteiger partial charge in [-0.3, -0.25) is 4.79 Å². The van der Waals surface area contributed by atoms with Gasteiger partial charge in [0.25, 0.3) is 5.91 Å². The molecule has 23 heavy (non-hydrogen) atoms. The third kappa shape index (κ3) is 3.93. The molecule has 1 saturated heterocycles. The number of para-hydroxylation sites is 1. The van der Waals surface area contributed by atoms with Crippen LogP contribution in [0.2, 0.25) is 10.0 Å². The maximum atomic E-state index is 12.0. The van der Waals surface area contributed by atoms with E-state index in [1.165, 1.54) is 0 Å². The van der Waals surface area contributed by atoms with E-state index in [9.17, 15) is 4.79 Å². The van der Waals surface area contributed by atoms with Crippen molar-refractivity contribution < 1.29 is 9.53 Å². The highest BCUT2D eigenvalue weighted by atomic mass is 35.5. The molecular formula is C16H15Cl2N3O2. The smallest absolute Gasteiger partial charge is 0.254 e. The van der Waals surface area contributed by atoms with Crippen LogP contribution in [0.1, 0.15) is 12.8 Å². The van der Waals surface area contributed by atoms with Crippen LogP contribution in [-0.2, 0) is 9.53 Å². The molecule has 0 saturated carbocycles. The lowest BCUT2D eigenvalue weighted by Gasteiger charge is -2.12. The van der Waals surface area contributed by atoms with Crippen LogP contribution in [0.4, 0.5) is 17.2 Å². The average molecular weight is 352 g/mol. The largest absolute Gasteiger partial charge is 0.368 e. The van der Waals surface area contributed by atoms with E-state index in [4.69, 9.17) is 27.9 Å². The van der Waals surface area contributed by atoms with E-state index < -0.39 is 0 Å². The van der Waals surface area contributed by atoms with Crippen molar-refractivity contribution in [2.45, 2.75) is 18.9 Å². The van der Waals surface area contributed by atoms with Crippen LogP contribution in [0, 0.1) is 0 Å². The zero-order valence-electron chi connectivity index (χ0n) is 12.2. The van der Waals surface area contributed by atoms with E-state index in [0.29, 0.717) is 28.2 Å². The van der Waals surface area contributed by atoms with Crippen molar-refractivity contribution in [1.29, 1.82) is 0 Å². The Morgan fingerprint density at radius 1 is 1.22 bits per heavy atom. The van der Waals surface area contributed by atoms with E-state index in [1.54, 1.807) is 36.5 Å². The first-order valence-corrected chi connectivity index (χ1v) is 7.98. The van der Waals surface area contributed by atoms with Crippen LogP contribution >= 0.6 is 23.2 Å². The summed E-state index contributed by atoms with van der Waals surface area (Å²) >= 11 is 12.2. The Balaban J connectivity index is 1.66. The number of hydrogen-bond acceptors (Lipinski definition) is 4. The number of ether oxygens (including phenoxy) is 1. The van der Waals surface area contributed by atoms with Gasteiger partial charge >= 0.3 is 0 Å². The number of benzene rings is 1. The molecule has 0 aliphatic carbocycles. The first-order chi connectivity index (χ1) is 11.1. The molecule has 2 N–H and O–H groups in total. The Morgan fingerprint density at radius 3 is 2.61 bits per heavy atom. The highest BCUT2D eigenvalue weighted by Crippen LogP contribution is 2.32. The van der Waals surface area contributed by atoms with Crippen molar-refractivity contribution in [3.05, 3.63) is 46.6 Å². The molecule has 1 aromatic carbocycles. The zero-order chi connectivity index (χ0) is 16.2. The predicted octanol–water partition coefficient (Wildman–Crippen LogP) is 4.25. The molecule has 3 rings (SSSR count). The molecule has 1 unspecified atom stereocenters. The number of carbonyl (C=O) groups excluding carboxylic acids is 1. The van der Waals surface area contributed by atoms with Crippen molar-refractivity contribution in [2.75, 3.05) is 17.2 Å². The van der Waals surface area contributed by atoms with Crippen LogP contribution in [-0.4, -0.2) is 23.6 Å². The van der Waals surface area contributed by atoms with Gasteiger partial charge in [0.15, 0.2) is 0 Å². The first-order valence-electron chi connectivity index (χ1n) is 7.23. The Labute approximate surface area is 144 Å². The second kappa shape index (κ2) is 7.17. The summed E-state index contributed by atoms with van der Waals surface area (Å²) in [7, 11) is 0. The SMILES string of the molecule is O=C(Nc1ccc(Nc2c(Cl)cccc2Cl)cn1)C1CCCO1. The Hall–Kier alpha value is -1.82. The van der Waals surface area contributed by atoms with Gasteiger partial charge in [-0.2, -0.15) is 0 Å². The maximum absolute atomic E-state index is 12.0. The fraction of sp³-hybridized carbons (Fsp3) is 0.250. The van der Waals surface area contributed by atoms with Crippen molar-refractivity contribution >= 4 is 46.3 Å². The summed E-state index contributed by atoms with van der Waals surface area (Å²) in [6.45, 7) is 0.632. The number of aromatic nitrogens is 1. The van der Waals surface area contributed by atoms with Gasteiger partial charge in [0.1, 0.15) is 11.9 Å². The number of rotatable bonds is 4. The van der Waals surface area contributed by atoms with Gasteiger partial charge in [-0.25, -0.2) is 4.98 Å². The molecular weight excluding hydrogens is 337 g/mol. The Kier molecular flexibility index (Phi) is 5.00. The number of halogens is 2. The lowest BCUT2D eigenvalue weighted by molar-refractivity contribution is -0.124. The number of anilines is 3. The standard InChI is InChI=1S/C16H15Cl2N3O2/c17-11-3-1-4-12(18)15(11)20-10-6-7-14(19-9-10)21-16(22)13-5-2-8-23-13/h1,3-4,6-7,9,13,20H,2,5,8H2,(H,19,21,22). The quantitative estimate of drug-likeness (QED) is 0.864. The van der Waals surface area contributed by atoms with Crippen LogP contribution in [0.25, 0.3) is 0 Å². The summed E-state index contributed by atoms with van der Waals surface area (Å²) in [5.41, 5.74) is 1.34. The first kappa shape index (κ1) is 16.1. The van der Waals surface area contributed by atoms with Crippen LogP contribution in [0.5, 0.6) is 0 Å². The molecule has 120 valence electrons. The van der Waals surface area contributed by atoms with E-state index in [-0.39, 0.29) is 12.0 Å². The van der Waals surface area contributed by atoms with E-state index in [0.717, 1.165) is 18.5 Å². The molecule has 0 radical (unpaired) electrons. The molecule has 1 aliphatic rings. The molecule has 1 atom stereocenters. The fourth-order valence-corrected chi connectivity index (χ4v) is 2.79. The highest BCUT2D eigenvalue weighted by molar-refractivity contribution is 6.39. The summed E-state index contributed by atoms with van der Waals surface area (Å²) in [5.74, 6) is 0.311. The summed E-state index contributed by atoms with van der Waals surface area (Å²) in [6.07, 6.45) is 2.88. The predicted molar refractivity (Wildman–Crippen MR) is 91.6 cm³/mol. The Bertz CT molecular complexity index is 681. The van der Waals surface area contributed by atoms with E-state index in [1.807, 2.05) is 0 Å². The summed E-state index contributed by atoms with van der Waals surface area (Å²) in [6, 6.07) is 8.77. The number of hydrogen-bond donors (Lipinski definition) is 2. The topological polar surface area (TPSA) is 63.2 Å². The van der Waals surface area contributed by atoms with Crippen LogP contribution < -0.4 is 10.6 Å². The molecule has 1 fully saturated rings. The molecule has 5 nitrogen and oxygen atoms in total. The number of pyridine rings is 1. The normalized spacial score (nSPS) is 17.0. The molecule has 1 amide bonds. The van der Waals surface area contributed by atoms with Gasteiger partial charge < -0.3 is 15.4 Å². The van der Waals surface area contributed by atoms with Gasteiger partial charge in [0, 0.05) is 6.61 Å². The minimum Gasteiger partial charge on any atom is -0.368 e. The van der Waals surface area contributed by atoms with E-state index >= 15 is 0 Å². The molecule has 0 bridgehead atoms. The van der Waals surface area contributed by atoms with Crippen molar-refractivity contribution in [1.82, 2.24) is 4.98 Å². The monoisotopic (exact) mass is 351 g/mol. The zero-order valence-corrected chi connectivity index (χ0v) is 13.7. The third-order valence-corrected chi connectivity index (χ3v) is 4.10.